The molecule has 4 nitrogen and oxygen atoms in total. The predicted octanol–water partition coefficient (Wildman–Crippen LogP) is 0.887. The van der Waals surface area contributed by atoms with Crippen molar-refractivity contribution in [3.05, 3.63) is 30.3 Å². The zero-order chi connectivity index (χ0) is 12.4. The zero-order valence-corrected chi connectivity index (χ0v) is 10.4. The van der Waals surface area contributed by atoms with E-state index in [1.54, 1.807) is 0 Å². The minimum absolute atomic E-state index is 0.0939. The summed E-state index contributed by atoms with van der Waals surface area (Å²) in [6, 6.07) is 9.48. The van der Waals surface area contributed by atoms with Crippen LogP contribution in [0.3, 0.4) is 0 Å². The van der Waals surface area contributed by atoms with Crippen LogP contribution in [-0.2, 0) is 4.79 Å². The van der Waals surface area contributed by atoms with E-state index in [2.05, 4.69) is 5.32 Å². The molecule has 2 aliphatic rings. The second kappa shape index (κ2) is 4.61. The first kappa shape index (κ1) is 11.5. The van der Waals surface area contributed by atoms with Gasteiger partial charge in [-0.2, -0.15) is 0 Å². The molecule has 2 saturated heterocycles. The van der Waals surface area contributed by atoms with Crippen LogP contribution in [0.4, 0.5) is 0 Å². The van der Waals surface area contributed by atoms with E-state index in [-0.39, 0.29) is 12.5 Å². The number of carbonyl (C=O) groups excluding carboxylic acids is 1. The number of hydrogen-bond donors (Lipinski definition) is 1. The maximum Gasteiger partial charge on any atom is 0.260 e. The fourth-order valence-corrected chi connectivity index (χ4v) is 2.76. The number of para-hydroxylation sites is 1. The van der Waals surface area contributed by atoms with Gasteiger partial charge in [-0.25, -0.2) is 0 Å². The minimum atomic E-state index is 0.0939. The van der Waals surface area contributed by atoms with Crippen molar-refractivity contribution in [3.8, 4) is 5.75 Å². The maximum atomic E-state index is 11.9. The fourth-order valence-electron chi connectivity index (χ4n) is 2.76. The molecule has 2 aliphatic heterocycles. The highest BCUT2D eigenvalue weighted by Crippen LogP contribution is 2.35. The Morgan fingerprint density at radius 3 is 2.78 bits per heavy atom. The third-order valence-corrected chi connectivity index (χ3v) is 3.84. The molecule has 0 unspecified atom stereocenters. The Morgan fingerprint density at radius 2 is 2.11 bits per heavy atom. The van der Waals surface area contributed by atoms with Gasteiger partial charge in [-0.15, -0.1) is 0 Å². The van der Waals surface area contributed by atoms with Crippen LogP contribution < -0.4 is 10.1 Å². The van der Waals surface area contributed by atoms with E-state index in [0.29, 0.717) is 5.41 Å². The number of likely N-dealkylation sites (tertiary alicyclic amines) is 1. The molecule has 0 radical (unpaired) electrons. The van der Waals surface area contributed by atoms with Crippen LogP contribution in [-0.4, -0.2) is 43.6 Å². The predicted molar refractivity (Wildman–Crippen MR) is 68.4 cm³/mol. The third-order valence-electron chi connectivity index (χ3n) is 3.84. The fraction of sp³-hybridized carbons (Fsp3) is 0.500. The molecule has 1 amide bonds. The summed E-state index contributed by atoms with van der Waals surface area (Å²) in [5, 5.41) is 3.36. The van der Waals surface area contributed by atoms with Crippen molar-refractivity contribution >= 4 is 5.91 Å². The van der Waals surface area contributed by atoms with Crippen LogP contribution in [0.5, 0.6) is 5.75 Å². The Labute approximate surface area is 107 Å². The van der Waals surface area contributed by atoms with E-state index in [9.17, 15) is 4.79 Å². The average molecular weight is 246 g/mol. The van der Waals surface area contributed by atoms with E-state index in [4.69, 9.17) is 4.74 Å². The van der Waals surface area contributed by atoms with Crippen molar-refractivity contribution in [2.75, 3.05) is 32.8 Å². The highest BCUT2D eigenvalue weighted by atomic mass is 16.5. The monoisotopic (exact) mass is 246 g/mol. The highest BCUT2D eigenvalue weighted by Gasteiger charge is 2.46. The summed E-state index contributed by atoms with van der Waals surface area (Å²) >= 11 is 0. The maximum absolute atomic E-state index is 11.9. The van der Waals surface area contributed by atoms with Gasteiger partial charge in [-0.05, 0) is 25.1 Å². The first-order valence-electron chi connectivity index (χ1n) is 6.44. The second-order valence-electron chi connectivity index (χ2n) is 5.28. The number of hydrogen-bond acceptors (Lipinski definition) is 3. The van der Waals surface area contributed by atoms with Crippen molar-refractivity contribution < 1.29 is 9.53 Å². The van der Waals surface area contributed by atoms with Crippen molar-refractivity contribution in [2.24, 2.45) is 5.41 Å². The molecule has 2 fully saturated rings. The molecule has 0 aromatic heterocycles. The number of carbonyl (C=O) groups is 1. The smallest absolute Gasteiger partial charge is 0.260 e. The van der Waals surface area contributed by atoms with E-state index in [1.165, 1.54) is 6.42 Å². The molecule has 3 rings (SSSR count). The lowest BCUT2D eigenvalue weighted by Gasteiger charge is -2.47. The van der Waals surface area contributed by atoms with Crippen LogP contribution in [0.1, 0.15) is 6.42 Å². The molecule has 18 heavy (non-hydrogen) atoms. The second-order valence-corrected chi connectivity index (χ2v) is 5.28. The summed E-state index contributed by atoms with van der Waals surface area (Å²) in [4.78, 5) is 13.8. The van der Waals surface area contributed by atoms with E-state index >= 15 is 0 Å². The van der Waals surface area contributed by atoms with Gasteiger partial charge in [-0.3, -0.25) is 4.79 Å². The first-order valence-corrected chi connectivity index (χ1v) is 6.44. The summed E-state index contributed by atoms with van der Waals surface area (Å²) in [6.07, 6.45) is 1.19. The topological polar surface area (TPSA) is 41.6 Å². The van der Waals surface area contributed by atoms with Gasteiger partial charge in [0.15, 0.2) is 6.61 Å². The van der Waals surface area contributed by atoms with Gasteiger partial charge in [0.2, 0.25) is 0 Å². The molecular formula is C14H18N2O2. The molecule has 0 bridgehead atoms. The summed E-state index contributed by atoms with van der Waals surface area (Å²) in [5.74, 6) is 0.847. The summed E-state index contributed by atoms with van der Waals surface area (Å²) in [6.45, 7) is 4.06. The van der Waals surface area contributed by atoms with Crippen molar-refractivity contribution in [1.29, 1.82) is 0 Å². The molecule has 96 valence electrons. The van der Waals surface area contributed by atoms with E-state index < -0.39 is 0 Å². The van der Waals surface area contributed by atoms with E-state index in [0.717, 1.165) is 31.9 Å². The van der Waals surface area contributed by atoms with Gasteiger partial charge in [0.25, 0.3) is 5.91 Å². The lowest BCUT2D eigenvalue weighted by molar-refractivity contribution is -0.144. The van der Waals surface area contributed by atoms with Crippen LogP contribution >= 0.6 is 0 Å². The normalized spacial score (nSPS) is 20.8. The molecule has 1 aromatic rings. The Hall–Kier alpha value is -1.55. The summed E-state index contributed by atoms with van der Waals surface area (Å²) < 4.78 is 5.47. The molecule has 1 spiro atoms. The van der Waals surface area contributed by atoms with Gasteiger partial charge in [0.1, 0.15) is 5.75 Å². The minimum Gasteiger partial charge on any atom is -0.484 e. The summed E-state index contributed by atoms with van der Waals surface area (Å²) in [7, 11) is 0. The van der Waals surface area contributed by atoms with Gasteiger partial charge in [0, 0.05) is 25.0 Å². The number of rotatable bonds is 3. The van der Waals surface area contributed by atoms with Gasteiger partial charge < -0.3 is 15.0 Å². The van der Waals surface area contributed by atoms with Crippen LogP contribution in [0.2, 0.25) is 0 Å². The van der Waals surface area contributed by atoms with Gasteiger partial charge >= 0.3 is 0 Å². The highest BCUT2D eigenvalue weighted by molar-refractivity contribution is 5.78. The molecule has 1 aromatic carbocycles. The van der Waals surface area contributed by atoms with Crippen LogP contribution in [0, 0.1) is 5.41 Å². The largest absolute Gasteiger partial charge is 0.484 e. The molecule has 0 saturated carbocycles. The first-order chi connectivity index (χ1) is 8.77. The zero-order valence-electron chi connectivity index (χ0n) is 10.4. The SMILES string of the molecule is O=C(COc1ccccc1)N1CC2(CCNC2)C1. The Bertz CT molecular complexity index is 419. The molecule has 0 atom stereocenters. The molecule has 2 heterocycles. The number of ether oxygens (including phenoxy) is 1. The van der Waals surface area contributed by atoms with Gasteiger partial charge in [0.05, 0.1) is 0 Å². The number of benzene rings is 1. The lowest BCUT2D eigenvalue weighted by atomic mass is 9.79. The molecule has 1 N–H and O–H groups in total. The van der Waals surface area contributed by atoms with E-state index in [1.807, 2.05) is 35.2 Å². The quantitative estimate of drug-likeness (QED) is 0.861. The molecular weight excluding hydrogens is 228 g/mol. The van der Waals surface area contributed by atoms with Gasteiger partial charge in [-0.1, -0.05) is 18.2 Å². The lowest BCUT2D eigenvalue weighted by Crippen LogP contribution is -2.60. The van der Waals surface area contributed by atoms with Crippen molar-refractivity contribution in [2.45, 2.75) is 6.42 Å². The molecule has 4 heteroatoms. The van der Waals surface area contributed by atoms with Crippen molar-refractivity contribution in [1.82, 2.24) is 10.2 Å². The molecule has 0 aliphatic carbocycles. The van der Waals surface area contributed by atoms with Crippen molar-refractivity contribution in [3.63, 3.8) is 0 Å². The third kappa shape index (κ3) is 2.20. The Balaban J connectivity index is 1.46. The van der Waals surface area contributed by atoms with Crippen LogP contribution in [0.15, 0.2) is 30.3 Å². The standard InChI is InChI=1S/C14H18N2O2/c17-13(8-18-12-4-2-1-3-5-12)16-10-14(11-16)6-7-15-9-14/h1-5,15H,6-11H2. The Morgan fingerprint density at radius 1 is 1.33 bits per heavy atom. The number of amides is 1. The summed E-state index contributed by atoms with van der Waals surface area (Å²) in [5.41, 5.74) is 0.363. The van der Waals surface area contributed by atoms with Crippen LogP contribution in [0.25, 0.3) is 0 Å². The number of nitrogens with zero attached hydrogens (tertiary/aromatic N) is 1. The average Bonchev–Trinajstić information content (AvgIpc) is 2.85. The number of nitrogens with one attached hydrogen (secondary N) is 1. The Kier molecular flexibility index (Phi) is 2.96.